The lowest BCUT2D eigenvalue weighted by atomic mass is 10.1. The molecule has 2 heterocycles. The van der Waals surface area contributed by atoms with E-state index in [-0.39, 0.29) is 17.8 Å². The summed E-state index contributed by atoms with van der Waals surface area (Å²) in [6.45, 7) is 5.44. The van der Waals surface area contributed by atoms with Crippen molar-refractivity contribution in [2.75, 3.05) is 44.5 Å². The summed E-state index contributed by atoms with van der Waals surface area (Å²) in [5.74, 6) is 0.676. The number of methoxy groups -OCH3 is 1. The van der Waals surface area contributed by atoms with E-state index in [1.165, 1.54) is 6.07 Å². The number of alkyl halides is 2. The van der Waals surface area contributed by atoms with Crippen LogP contribution in [0.25, 0.3) is 10.9 Å². The summed E-state index contributed by atoms with van der Waals surface area (Å²) in [6, 6.07) is 6.09. The maximum Gasteiger partial charge on any atom is 0.266 e. The summed E-state index contributed by atoms with van der Waals surface area (Å²) in [5, 5.41) is 3.74. The number of nitrogens with zero attached hydrogens (tertiary/aromatic N) is 3. The quantitative estimate of drug-likeness (QED) is 0.514. The molecule has 1 aromatic heterocycles. The van der Waals surface area contributed by atoms with Crippen LogP contribution < -0.4 is 15.8 Å². The van der Waals surface area contributed by atoms with Gasteiger partial charge >= 0.3 is 0 Å². The lowest BCUT2D eigenvalue weighted by molar-refractivity contribution is 0.0339. The van der Waals surface area contributed by atoms with Crippen molar-refractivity contribution in [2.45, 2.75) is 26.4 Å². The number of aromatic nitrogens is 2. The fourth-order valence-electron chi connectivity index (χ4n) is 3.96. The highest BCUT2D eigenvalue weighted by atomic mass is 19.3. The number of rotatable bonds is 7. The van der Waals surface area contributed by atoms with Gasteiger partial charge in [0.1, 0.15) is 23.2 Å². The Morgan fingerprint density at radius 3 is 2.61 bits per heavy atom. The van der Waals surface area contributed by atoms with Crippen LogP contribution in [0, 0.1) is 12.7 Å². The fourth-order valence-corrected chi connectivity index (χ4v) is 3.96. The first kappa shape index (κ1) is 23.1. The van der Waals surface area contributed by atoms with Gasteiger partial charge in [-0.2, -0.15) is 0 Å². The Labute approximate surface area is 189 Å². The van der Waals surface area contributed by atoms with E-state index in [0.717, 1.165) is 24.7 Å². The van der Waals surface area contributed by atoms with Crippen molar-refractivity contribution < 1.29 is 22.6 Å². The smallest absolute Gasteiger partial charge is 0.266 e. The van der Waals surface area contributed by atoms with E-state index in [9.17, 15) is 13.2 Å². The summed E-state index contributed by atoms with van der Waals surface area (Å²) in [5.41, 5.74) is 6.78. The Balaban J connectivity index is 1.66. The number of nitrogen functional groups attached to an aromatic ring is 1. The average Bonchev–Trinajstić information content (AvgIpc) is 2.79. The summed E-state index contributed by atoms with van der Waals surface area (Å²) >= 11 is 0. The number of ether oxygens (including phenoxy) is 2. The predicted molar refractivity (Wildman–Crippen MR) is 120 cm³/mol. The zero-order valence-electron chi connectivity index (χ0n) is 18.5. The minimum atomic E-state index is -2.96. The SMILES string of the molecule is COc1cc2c(NCc3cc(N)cc(C(F)F)c3F)nc(C)nc2cc1CN1CCOCC1. The van der Waals surface area contributed by atoms with Gasteiger partial charge in [-0.1, -0.05) is 0 Å². The maximum absolute atomic E-state index is 14.6. The second kappa shape index (κ2) is 9.80. The molecule has 0 unspecified atom stereocenters. The molecule has 0 radical (unpaired) electrons. The molecule has 176 valence electrons. The topological polar surface area (TPSA) is 85.5 Å². The van der Waals surface area contributed by atoms with Gasteiger partial charge in [0.15, 0.2) is 0 Å². The molecule has 0 bridgehead atoms. The molecule has 1 saturated heterocycles. The molecule has 1 fully saturated rings. The van der Waals surface area contributed by atoms with Crippen molar-refractivity contribution in [2.24, 2.45) is 0 Å². The number of anilines is 2. The second-order valence-electron chi connectivity index (χ2n) is 7.93. The van der Waals surface area contributed by atoms with E-state index >= 15 is 0 Å². The lowest BCUT2D eigenvalue weighted by Gasteiger charge is -2.27. The van der Waals surface area contributed by atoms with Crippen LogP contribution in [0.5, 0.6) is 5.75 Å². The summed E-state index contributed by atoms with van der Waals surface area (Å²) < 4.78 is 51.9. The normalized spacial score (nSPS) is 14.7. The Kier molecular flexibility index (Phi) is 6.85. The van der Waals surface area contributed by atoms with Crippen LogP contribution in [-0.2, 0) is 17.8 Å². The lowest BCUT2D eigenvalue weighted by Crippen LogP contribution is -2.35. The van der Waals surface area contributed by atoms with E-state index < -0.39 is 17.8 Å². The first-order valence-electron chi connectivity index (χ1n) is 10.6. The summed E-state index contributed by atoms with van der Waals surface area (Å²) in [7, 11) is 1.60. The standard InChI is InChI=1S/C23H26F3N5O2/c1-13-29-19-8-15(12-31-3-5-33-6-4-31)20(32-2)10-17(19)23(30-13)28-11-14-7-16(27)9-18(21(14)24)22(25)26/h7-10,22H,3-6,11-12,27H2,1-2H3,(H,28,29,30). The van der Waals surface area contributed by atoms with Crippen LogP contribution in [0.15, 0.2) is 24.3 Å². The van der Waals surface area contributed by atoms with Crippen LogP contribution in [0.3, 0.4) is 0 Å². The second-order valence-corrected chi connectivity index (χ2v) is 7.93. The number of hydrogen-bond acceptors (Lipinski definition) is 7. The van der Waals surface area contributed by atoms with E-state index in [1.54, 1.807) is 14.0 Å². The Morgan fingerprint density at radius 2 is 1.91 bits per heavy atom. The van der Waals surface area contributed by atoms with Gasteiger partial charge < -0.3 is 20.5 Å². The molecule has 10 heteroatoms. The van der Waals surface area contributed by atoms with Crippen molar-refractivity contribution in [1.29, 1.82) is 0 Å². The molecule has 0 amide bonds. The third-order valence-corrected chi connectivity index (χ3v) is 5.59. The van der Waals surface area contributed by atoms with Gasteiger partial charge in [-0.05, 0) is 31.2 Å². The van der Waals surface area contributed by atoms with Gasteiger partial charge in [0.2, 0.25) is 0 Å². The molecule has 7 nitrogen and oxygen atoms in total. The van der Waals surface area contributed by atoms with Crippen LogP contribution in [0.2, 0.25) is 0 Å². The summed E-state index contributed by atoms with van der Waals surface area (Å²) in [4.78, 5) is 11.3. The molecule has 3 N–H and O–H groups in total. The zero-order valence-corrected chi connectivity index (χ0v) is 18.5. The predicted octanol–water partition coefficient (Wildman–Crippen LogP) is 4.05. The maximum atomic E-state index is 14.6. The third kappa shape index (κ3) is 5.12. The van der Waals surface area contributed by atoms with Crippen LogP contribution in [0.1, 0.15) is 28.9 Å². The number of fused-ring (bicyclic) bond motifs is 1. The van der Waals surface area contributed by atoms with Crippen molar-refractivity contribution in [3.05, 3.63) is 52.6 Å². The zero-order chi connectivity index (χ0) is 23.5. The van der Waals surface area contributed by atoms with Crippen LogP contribution >= 0.6 is 0 Å². The number of nitrogens with one attached hydrogen (secondary N) is 1. The van der Waals surface area contributed by atoms with Gasteiger partial charge in [-0.25, -0.2) is 23.1 Å². The van der Waals surface area contributed by atoms with Gasteiger partial charge in [-0.3, -0.25) is 4.90 Å². The van der Waals surface area contributed by atoms with Crippen molar-refractivity contribution in [3.8, 4) is 5.75 Å². The van der Waals surface area contributed by atoms with E-state index in [4.69, 9.17) is 15.2 Å². The minimum absolute atomic E-state index is 0.0330. The average molecular weight is 461 g/mol. The minimum Gasteiger partial charge on any atom is -0.496 e. The molecule has 1 aliphatic heterocycles. The first-order valence-corrected chi connectivity index (χ1v) is 10.6. The van der Waals surface area contributed by atoms with Gasteiger partial charge in [0.05, 0.1) is 31.4 Å². The Bertz CT molecular complexity index is 1150. The Morgan fingerprint density at radius 1 is 1.15 bits per heavy atom. The Hall–Kier alpha value is -3.11. The molecule has 0 saturated carbocycles. The number of nitrogens with two attached hydrogens (primary N) is 1. The molecule has 0 atom stereocenters. The molecular weight excluding hydrogens is 435 g/mol. The van der Waals surface area contributed by atoms with E-state index in [0.29, 0.717) is 48.1 Å². The first-order chi connectivity index (χ1) is 15.9. The van der Waals surface area contributed by atoms with Gasteiger partial charge in [0.25, 0.3) is 6.43 Å². The van der Waals surface area contributed by atoms with Crippen molar-refractivity contribution in [3.63, 3.8) is 0 Å². The molecule has 1 aliphatic rings. The number of halogens is 3. The van der Waals surface area contributed by atoms with E-state index in [2.05, 4.69) is 20.2 Å². The third-order valence-electron chi connectivity index (χ3n) is 5.59. The van der Waals surface area contributed by atoms with E-state index in [1.807, 2.05) is 12.1 Å². The number of hydrogen-bond donors (Lipinski definition) is 2. The van der Waals surface area contributed by atoms with Crippen LogP contribution in [-0.4, -0.2) is 48.3 Å². The number of morpholine rings is 1. The molecule has 4 rings (SSSR count). The highest BCUT2D eigenvalue weighted by Crippen LogP contribution is 2.31. The van der Waals surface area contributed by atoms with Crippen molar-refractivity contribution >= 4 is 22.4 Å². The molecule has 0 aliphatic carbocycles. The molecule has 33 heavy (non-hydrogen) atoms. The number of benzene rings is 2. The monoisotopic (exact) mass is 461 g/mol. The fraction of sp³-hybridized carbons (Fsp3) is 0.391. The molecule has 3 aromatic rings. The summed E-state index contributed by atoms with van der Waals surface area (Å²) in [6.07, 6.45) is -2.96. The highest BCUT2D eigenvalue weighted by Gasteiger charge is 2.19. The van der Waals surface area contributed by atoms with Gasteiger partial charge in [0, 0.05) is 48.4 Å². The molecule has 0 spiro atoms. The van der Waals surface area contributed by atoms with Crippen molar-refractivity contribution in [1.82, 2.24) is 14.9 Å². The largest absolute Gasteiger partial charge is 0.496 e. The number of aryl methyl sites for hydroxylation is 1. The molecular formula is C23H26F3N5O2. The highest BCUT2D eigenvalue weighted by molar-refractivity contribution is 5.91. The van der Waals surface area contributed by atoms with Gasteiger partial charge in [-0.15, -0.1) is 0 Å². The van der Waals surface area contributed by atoms with Crippen LogP contribution in [0.4, 0.5) is 24.7 Å². The molecule has 2 aromatic carbocycles.